The fraction of sp³-hybridized carbons (Fsp3) is 0.286. The molecule has 0 atom stereocenters. The van der Waals surface area contributed by atoms with Gasteiger partial charge in [-0.25, -0.2) is 4.98 Å². The van der Waals surface area contributed by atoms with Crippen LogP contribution in [-0.2, 0) is 11.3 Å². The summed E-state index contributed by atoms with van der Waals surface area (Å²) in [7, 11) is 0. The van der Waals surface area contributed by atoms with E-state index >= 15 is 0 Å². The molecular weight excluding hydrogens is 444 g/mol. The Hall–Kier alpha value is -3.15. The average molecular weight is 473 g/mol. The molecule has 0 saturated carbocycles. The predicted octanol–water partition coefficient (Wildman–Crippen LogP) is 5.68. The van der Waals surface area contributed by atoms with Crippen molar-refractivity contribution in [2.75, 3.05) is 26.2 Å². The van der Waals surface area contributed by atoms with Crippen molar-refractivity contribution in [2.45, 2.75) is 26.8 Å². The Morgan fingerprint density at radius 2 is 1.68 bits per heavy atom. The van der Waals surface area contributed by atoms with E-state index in [2.05, 4.69) is 58.8 Å². The van der Waals surface area contributed by atoms with Crippen molar-refractivity contribution < 1.29 is 4.79 Å². The lowest BCUT2D eigenvalue weighted by molar-refractivity contribution is -0.132. The highest BCUT2D eigenvalue weighted by Crippen LogP contribution is 2.29. The van der Waals surface area contributed by atoms with E-state index in [9.17, 15) is 4.79 Å². The van der Waals surface area contributed by atoms with Crippen LogP contribution >= 0.6 is 11.6 Å². The number of imidazole rings is 1. The number of aromatic nitrogens is 2. The SMILES string of the molecule is CCC(=O)N1CCN(Cc2c(-c3ccc(Cl)cc3)nc3ccc(-c4cccc(C)c4)cn23)CC1. The first-order chi connectivity index (χ1) is 16.5. The van der Waals surface area contributed by atoms with Crippen LogP contribution in [0.3, 0.4) is 0 Å². The third kappa shape index (κ3) is 4.59. The second-order valence-corrected chi connectivity index (χ2v) is 9.38. The summed E-state index contributed by atoms with van der Waals surface area (Å²) < 4.78 is 2.23. The first-order valence-electron chi connectivity index (χ1n) is 11.9. The Morgan fingerprint density at radius 3 is 2.38 bits per heavy atom. The lowest BCUT2D eigenvalue weighted by atomic mass is 10.1. The third-order valence-corrected chi connectivity index (χ3v) is 6.84. The highest BCUT2D eigenvalue weighted by molar-refractivity contribution is 6.30. The van der Waals surface area contributed by atoms with E-state index in [1.807, 2.05) is 36.1 Å². The van der Waals surface area contributed by atoms with E-state index < -0.39 is 0 Å². The maximum atomic E-state index is 12.1. The number of carbonyl (C=O) groups excluding carboxylic acids is 1. The summed E-state index contributed by atoms with van der Waals surface area (Å²) in [6.45, 7) is 8.07. The molecule has 1 fully saturated rings. The van der Waals surface area contributed by atoms with Gasteiger partial charge >= 0.3 is 0 Å². The van der Waals surface area contributed by atoms with Crippen LogP contribution in [0.25, 0.3) is 28.0 Å². The highest BCUT2D eigenvalue weighted by atomic mass is 35.5. The highest BCUT2D eigenvalue weighted by Gasteiger charge is 2.23. The minimum atomic E-state index is 0.235. The van der Waals surface area contributed by atoms with Crippen LogP contribution in [0, 0.1) is 6.92 Å². The van der Waals surface area contributed by atoms with Crippen LogP contribution in [0.4, 0.5) is 0 Å². The number of pyridine rings is 1. The van der Waals surface area contributed by atoms with Crippen molar-refractivity contribution >= 4 is 23.2 Å². The van der Waals surface area contributed by atoms with Gasteiger partial charge in [0.2, 0.25) is 5.91 Å². The van der Waals surface area contributed by atoms with Gasteiger partial charge in [-0.05, 0) is 42.3 Å². The second-order valence-electron chi connectivity index (χ2n) is 8.94. The molecular formula is C28H29ClN4O. The van der Waals surface area contributed by atoms with Crippen LogP contribution in [0.2, 0.25) is 5.02 Å². The van der Waals surface area contributed by atoms with E-state index in [1.54, 1.807) is 0 Å². The molecule has 1 amide bonds. The maximum absolute atomic E-state index is 12.1. The summed E-state index contributed by atoms with van der Waals surface area (Å²) in [5.41, 5.74) is 7.71. The van der Waals surface area contributed by atoms with Crippen molar-refractivity contribution in [2.24, 2.45) is 0 Å². The number of carbonyl (C=O) groups is 1. The molecule has 1 saturated heterocycles. The topological polar surface area (TPSA) is 40.9 Å². The van der Waals surface area contributed by atoms with Gasteiger partial charge in [0.15, 0.2) is 0 Å². The predicted molar refractivity (Wildman–Crippen MR) is 138 cm³/mol. The van der Waals surface area contributed by atoms with Crippen LogP contribution in [0.1, 0.15) is 24.6 Å². The number of aryl methyl sites for hydroxylation is 1. The monoisotopic (exact) mass is 472 g/mol. The van der Waals surface area contributed by atoms with Gasteiger partial charge in [-0.3, -0.25) is 9.69 Å². The summed E-state index contributed by atoms with van der Waals surface area (Å²) in [5, 5.41) is 0.715. The zero-order valence-electron chi connectivity index (χ0n) is 19.7. The lowest BCUT2D eigenvalue weighted by Crippen LogP contribution is -2.48. The van der Waals surface area contributed by atoms with Crippen LogP contribution < -0.4 is 0 Å². The Kier molecular flexibility index (Phi) is 6.40. The van der Waals surface area contributed by atoms with Crippen molar-refractivity contribution in [3.63, 3.8) is 0 Å². The van der Waals surface area contributed by atoms with Gasteiger partial charge in [-0.1, -0.05) is 60.5 Å². The molecule has 5 rings (SSSR count). The van der Waals surface area contributed by atoms with E-state index in [4.69, 9.17) is 16.6 Å². The largest absolute Gasteiger partial charge is 0.340 e. The van der Waals surface area contributed by atoms with Crippen LogP contribution in [0.15, 0.2) is 66.9 Å². The molecule has 3 heterocycles. The Bertz CT molecular complexity index is 1320. The molecule has 1 aliphatic rings. The molecule has 0 radical (unpaired) electrons. The molecule has 0 bridgehead atoms. The average Bonchev–Trinajstić information content (AvgIpc) is 3.22. The summed E-state index contributed by atoms with van der Waals surface area (Å²) in [6, 6.07) is 20.7. The van der Waals surface area contributed by atoms with Gasteiger partial charge in [0.25, 0.3) is 0 Å². The van der Waals surface area contributed by atoms with E-state index in [-0.39, 0.29) is 5.91 Å². The second kappa shape index (κ2) is 9.61. The van der Waals surface area contributed by atoms with Gasteiger partial charge in [-0.15, -0.1) is 0 Å². The minimum Gasteiger partial charge on any atom is -0.340 e. The zero-order chi connectivity index (χ0) is 23.7. The Morgan fingerprint density at radius 1 is 0.941 bits per heavy atom. The summed E-state index contributed by atoms with van der Waals surface area (Å²) in [6.07, 6.45) is 2.76. The molecule has 0 spiro atoms. The number of amides is 1. The number of piperazine rings is 1. The first-order valence-corrected chi connectivity index (χ1v) is 12.2. The Balaban J connectivity index is 1.54. The minimum absolute atomic E-state index is 0.235. The molecule has 174 valence electrons. The summed E-state index contributed by atoms with van der Waals surface area (Å²) >= 11 is 6.16. The molecule has 0 unspecified atom stereocenters. The fourth-order valence-electron chi connectivity index (χ4n) is 4.67. The van der Waals surface area contributed by atoms with Crippen molar-refractivity contribution in [3.8, 4) is 22.4 Å². The molecule has 4 aromatic rings. The zero-order valence-corrected chi connectivity index (χ0v) is 20.4. The molecule has 34 heavy (non-hydrogen) atoms. The number of hydrogen-bond acceptors (Lipinski definition) is 3. The fourth-order valence-corrected chi connectivity index (χ4v) is 4.80. The van der Waals surface area contributed by atoms with E-state index in [0.717, 1.165) is 60.9 Å². The van der Waals surface area contributed by atoms with Crippen molar-refractivity contribution in [1.82, 2.24) is 19.2 Å². The van der Waals surface area contributed by atoms with Crippen LogP contribution in [0.5, 0.6) is 0 Å². The van der Waals surface area contributed by atoms with Gasteiger partial charge in [0.05, 0.1) is 11.4 Å². The van der Waals surface area contributed by atoms with E-state index in [1.165, 1.54) is 11.1 Å². The van der Waals surface area contributed by atoms with Gasteiger partial charge < -0.3 is 9.30 Å². The number of halogens is 1. The van der Waals surface area contributed by atoms with Crippen molar-refractivity contribution in [3.05, 3.63) is 83.1 Å². The number of fused-ring (bicyclic) bond motifs is 1. The molecule has 6 heteroatoms. The maximum Gasteiger partial charge on any atom is 0.222 e. The third-order valence-electron chi connectivity index (χ3n) is 6.59. The molecule has 0 aliphatic carbocycles. The Labute approximate surface area is 205 Å². The quantitative estimate of drug-likeness (QED) is 0.375. The number of rotatable bonds is 5. The number of benzene rings is 2. The first kappa shape index (κ1) is 22.6. The standard InChI is InChI=1S/C28H29ClN4O/c1-3-27(34)32-15-13-31(14-16-32)19-25-28(21-7-10-24(29)11-8-21)30-26-12-9-23(18-33(25)26)22-6-4-5-20(2)17-22/h4-12,17-18H,3,13-16,19H2,1-2H3. The number of hydrogen-bond donors (Lipinski definition) is 0. The molecule has 5 nitrogen and oxygen atoms in total. The van der Waals surface area contributed by atoms with Gasteiger partial charge in [0.1, 0.15) is 5.65 Å². The van der Waals surface area contributed by atoms with Crippen molar-refractivity contribution in [1.29, 1.82) is 0 Å². The molecule has 2 aromatic carbocycles. The normalized spacial score (nSPS) is 14.6. The van der Waals surface area contributed by atoms with Gasteiger partial charge in [0, 0.05) is 55.9 Å². The number of nitrogens with zero attached hydrogens (tertiary/aromatic N) is 4. The molecule has 2 aromatic heterocycles. The van der Waals surface area contributed by atoms with Crippen LogP contribution in [-0.4, -0.2) is 51.3 Å². The molecule has 1 aliphatic heterocycles. The van der Waals surface area contributed by atoms with Gasteiger partial charge in [-0.2, -0.15) is 0 Å². The smallest absolute Gasteiger partial charge is 0.222 e. The molecule has 0 N–H and O–H groups in total. The van der Waals surface area contributed by atoms with E-state index in [0.29, 0.717) is 11.4 Å². The summed E-state index contributed by atoms with van der Waals surface area (Å²) in [4.78, 5) is 21.5. The lowest BCUT2D eigenvalue weighted by Gasteiger charge is -2.34. The summed E-state index contributed by atoms with van der Waals surface area (Å²) in [5.74, 6) is 0.235.